The molecule has 0 aromatic rings. The number of aliphatic carboxylic acids is 1. The molecule has 0 amide bonds. The van der Waals surface area contributed by atoms with Crippen molar-refractivity contribution in [2.45, 2.75) is 45.1 Å². The van der Waals surface area contributed by atoms with E-state index in [4.69, 9.17) is 0 Å². The fourth-order valence-electron chi connectivity index (χ4n) is 3.23. The van der Waals surface area contributed by atoms with Crippen molar-refractivity contribution in [3.05, 3.63) is 0 Å². The highest BCUT2D eigenvalue weighted by atomic mass is 32.2. The second-order valence-electron chi connectivity index (χ2n) is 5.63. The molecule has 0 aromatic heterocycles. The third-order valence-corrected chi connectivity index (χ3v) is 6.08. The van der Waals surface area contributed by atoms with Crippen LogP contribution in [0.3, 0.4) is 0 Å². The van der Waals surface area contributed by atoms with E-state index < -0.39 is 22.0 Å². The Morgan fingerprint density at radius 2 is 1.89 bits per heavy atom. The van der Waals surface area contributed by atoms with Crippen LogP contribution in [0.15, 0.2) is 0 Å². The normalized spacial score (nSPS) is 31.3. The minimum atomic E-state index is -3.38. The van der Waals surface area contributed by atoms with E-state index in [1.165, 1.54) is 4.31 Å². The molecule has 1 heterocycles. The molecule has 2 rings (SSSR count). The maximum Gasteiger partial charge on any atom is 0.322 e. The summed E-state index contributed by atoms with van der Waals surface area (Å²) in [6.07, 6.45) is 4.82. The third kappa shape index (κ3) is 2.69. The lowest BCUT2D eigenvalue weighted by molar-refractivity contribution is -0.143. The van der Waals surface area contributed by atoms with Gasteiger partial charge in [0.05, 0.1) is 5.75 Å². The Labute approximate surface area is 108 Å². The molecule has 0 radical (unpaired) electrons. The van der Waals surface area contributed by atoms with Crippen LogP contribution >= 0.6 is 0 Å². The summed E-state index contributed by atoms with van der Waals surface area (Å²) in [4.78, 5) is 11.5. The van der Waals surface area contributed by atoms with E-state index in [0.29, 0.717) is 6.54 Å². The molecule has 0 bridgehead atoms. The second kappa shape index (κ2) is 5.17. The smallest absolute Gasteiger partial charge is 0.322 e. The molecule has 1 N–H and O–H groups in total. The Bertz CT molecular complexity index is 414. The van der Waals surface area contributed by atoms with E-state index in [1.54, 1.807) is 0 Å². The Balaban J connectivity index is 2.22. The van der Waals surface area contributed by atoms with Gasteiger partial charge in [0.15, 0.2) is 0 Å². The summed E-state index contributed by atoms with van der Waals surface area (Å²) in [5.74, 6) is -0.889. The average molecular weight is 275 g/mol. The maximum atomic E-state index is 12.0. The van der Waals surface area contributed by atoms with Gasteiger partial charge in [0.2, 0.25) is 10.0 Å². The molecular formula is C12H21NO4S. The number of carbonyl (C=O) groups is 1. The number of nitrogens with zero attached hydrogens (tertiary/aromatic N) is 1. The molecule has 1 saturated heterocycles. The summed E-state index contributed by atoms with van der Waals surface area (Å²) in [6, 6.07) is -0.847. The predicted octanol–water partition coefficient (Wildman–Crippen LogP) is 1.30. The van der Waals surface area contributed by atoms with E-state index >= 15 is 0 Å². The second-order valence-corrected chi connectivity index (χ2v) is 7.60. The van der Waals surface area contributed by atoms with Crippen LogP contribution < -0.4 is 0 Å². The molecule has 104 valence electrons. The largest absolute Gasteiger partial charge is 0.480 e. The predicted molar refractivity (Wildman–Crippen MR) is 67.7 cm³/mol. The van der Waals surface area contributed by atoms with Gasteiger partial charge < -0.3 is 5.11 Å². The van der Waals surface area contributed by atoms with E-state index in [9.17, 15) is 18.3 Å². The Morgan fingerprint density at radius 3 is 2.33 bits per heavy atom. The summed E-state index contributed by atoms with van der Waals surface area (Å²) in [5.41, 5.74) is 0. The first-order valence-electron chi connectivity index (χ1n) is 6.64. The molecule has 2 fully saturated rings. The first-order valence-corrected chi connectivity index (χ1v) is 8.25. The first-order chi connectivity index (χ1) is 8.42. The van der Waals surface area contributed by atoms with Crippen molar-refractivity contribution >= 4 is 16.0 Å². The highest BCUT2D eigenvalue weighted by molar-refractivity contribution is 7.89. The van der Waals surface area contributed by atoms with Crippen molar-refractivity contribution in [2.75, 3.05) is 12.3 Å². The van der Waals surface area contributed by atoms with Crippen molar-refractivity contribution in [3.8, 4) is 0 Å². The minimum absolute atomic E-state index is 0.0173. The van der Waals surface area contributed by atoms with Gasteiger partial charge in [-0.2, -0.15) is 4.31 Å². The van der Waals surface area contributed by atoms with E-state index in [-0.39, 0.29) is 17.6 Å². The van der Waals surface area contributed by atoms with Gasteiger partial charge in [-0.05, 0) is 24.7 Å². The lowest BCUT2D eigenvalue weighted by Gasteiger charge is -2.32. The zero-order valence-electron chi connectivity index (χ0n) is 10.7. The number of sulfonamides is 1. The minimum Gasteiger partial charge on any atom is -0.480 e. The molecule has 2 aliphatic rings. The average Bonchev–Trinajstić information content (AvgIpc) is 2.53. The van der Waals surface area contributed by atoms with E-state index in [2.05, 4.69) is 0 Å². The fraction of sp³-hybridized carbons (Fsp3) is 0.917. The molecule has 0 spiro atoms. The van der Waals surface area contributed by atoms with Crippen LogP contribution in [0.25, 0.3) is 0 Å². The van der Waals surface area contributed by atoms with E-state index in [0.717, 1.165) is 32.1 Å². The van der Waals surface area contributed by atoms with Crippen molar-refractivity contribution in [2.24, 2.45) is 11.8 Å². The number of rotatable bonds is 3. The molecule has 1 aliphatic carbocycles. The van der Waals surface area contributed by atoms with Gasteiger partial charge >= 0.3 is 5.97 Å². The fourth-order valence-corrected chi connectivity index (χ4v) is 5.33. The first kappa shape index (κ1) is 13.8. The van der Waals surface area contributed by atoms with Crippen LogP contribution in [0, 0.1) is 11.8 Å². The highest BCUT2D eigenvalue weighted by Gasteiger charge is 2.45. The van der Waals surface area contributed by atoms with Crippen molar-refractivity contribution in [1.82, 2.24) is 4.31 Å². The number of carboxylic acid groups (broad SMARTS) is 1. The van der Waals surface area contributed by atoms with Gasteiger partial charge in [-0.15, -0.1) is 0 Å². The SMILES string of the molecule is CC1CN(C(C(=O)O)C2CCCCC2)S(=O)(=O)C1. The van der Waals surface area contributed by atoms with Gasteiger partial charge in [-0.3, -0.25) is 4.79 Å². The summed E-state index contributed by atoms with van der Waals surface area (Å²) in [6.45, 7) is 2.22. The summed E-state index contributed by atoms with van der Waals surface area (Å²) in [7, 11) is -3.38. The van der Waals surface area contributed by atoms with Crippen LogP contribution in [-0.2, 0) is 14.8 Å². The molecule has 1 saturated carbocycles. The molecule has 0 aromatic carbocycles. The number of carboxylic acids is 1. The van der Waals surface area contributed by atoms with Crippen molar-refractivity contribution in [1.29, 1.82) is 0 Å². The van der Waals surface area contributed by atoms with Gasteiger partial charge in [-0.25, -0.2) is 8.42 Å². The maximum absolute atomic E-state index is 12.0. The third-order valence-electron chi connectivity index (χ3n) is 4.00. The number of hydrogen-bond acceptors (Lipinski definition) is 3. The van der Waals surface area contributed by atoms with Gasteiger partial charge in [0, 0.05) is 6.54 Å². The lowest BCUT2D eigenvalue weighted by Crippen LogP contribution is -2.47. The lowest BCUT2D eigenvalue weighted by atomic mass is 9.83. The zero-order chi connectivity index (χ0) is 13.3. The molecule has 5 nitrogen and oxygen atoms in total. The Hall–Kier alpha value is -0.620. The van der Waals surface area contributed by atoms with Gasteiger partial charge in [-0.1, -0.05) is 26.2 Å². The molecule has 2 unspecified atom stereocenters. The monoisotopic (exact) mass is 275 g/mol. The molecular weight excluding hydrogens is 254 g/mol. The van der Waals surface area contributed by atoms with Gasteiger partial charge in [0.25, 0.3) is 0 Å². The van der Waals surface area contributed by atoms with Crippen LogP contribution in [0.1, 0.15) is 39.0 Å². The summed E-state index contributed by atoms with van der Waals surface area (Å²) < 4.78 is 25.3. The topological polar surface area (TPSA) is 74.7 Å². The van der Waals surface area contributed by atoms with Crippen LogP contribution in [0.5, 0.6) is 0 Å². The zero-order valence-corrected chi connectivity index (χ0v) is 11.5. The Kier molecular flexibility index (Phi) is 3.96. The number of hydrogen-bond donors (Lipinski definition) is 1. The quantitative estimate of drug-likeness (QED) is 0.842. The highest BCUT2D eigenvalue weighted by Crippen LogP contribution is 2.33. The molecule has 18 heavy (non-hydrogen) atoms. The van der Waals surface area contributed by atoms with Crippen molar-refractivity contribution in [3.63, 3.8) is 0 Å². The Morgan fingerprint density at radius 1 is 1.28 bits per heavy atom. The summed E-state index contributed by atoms with van der Waals surface area (Å²) in [5, 5.41) is 9.40. The van der Waals surface area contributed by atoms with E-state index in [1.807, 2.05) is 6.92 Å². The van der Waals surface area contributed by atoms with Gasteiger partial charge in [0.1, 0.15) is 6.04 Å². The van der Waals surface area contributed by atoms with Crippen molar-refractivity contribution < 1.29 is 18.3 Å². The van der Waals surface area contributed by atoms with Crippen LogP contribution in [-0.4, -0.2) is 42.1 Å². The standard InChI is InChI=1S/C12H21NO4S/c1-9-7-13(18(16,17)8-9)11(12(14)15)10-5-3-2-4-6-10/h9-11H,2-8H2,1H3,(H,14,15). The molecule has 1 aliphatic heterocycles. The molecule has 2 atom stereocenters. The molecule has 6 heteroatoms. The van der Waals surface area contributed by atoms with Crippen LogP contribution in [0.4, 0.5) is 0 Å². The van der Waals surface area contributed by atoms with Crippen LogP contribution in [0.2, 0.25) is 0 Å². The summed E-state index contributed by atoms with van der Waals surface area (Å²) >= 11 is 0.